The number of rotatable bonds is 26. The number of aliphatic hydroxyl groups excluding tert-OH is 1. The lowest BCUT2D eigenvalue weighted by molar-refractivity contribution is -0.144. The fourth-order valence-corrected chi connectivity index (χ4v) is 11.4. The van der Waals surface area contributed by atoms with Crippen LogP contribution >= 0.6 is 34.7 Å². The van der Waals surface area contributed by atoms with Gasteiger partial charge in [0.25, 0.3) is 0 Å². The molecule has 0 unspecified atom stereocenters. The summed E-state index contributed by atoms with van der Waals surface area (Å²) >= 11 is 9.57. The molecule has 2 aliphatic rings. The Bertz CT molecular complexity index is 2580. The maximum atomic E-state index is 14.1. The lowest BCUT2D eigenvalue weighted by Gasteiger charge is -2.37. The molecule has 20 heteroatoms. The molecule has 0 saturated carbocycles. The van der Waals surface area contributed by atoms with Crippen molar-refractivity contribution in [1.82, 2.24) is 35.8 Å². The third-order valence-corrected chi connectivity index (χ3v) is 16.8. The molecule has 9 N–H and O–H groups in total. The number of likely N-dealkylation sites (tertiary alicyclic amines) is 1. The van der Waals surface area contributed by atoms with Crippen LogP contribution in [0.2, 0.25) is 5.02 Å². The minimum absolute atomic E-state index is 0.0211. The number of unbranched alkanes of at least 4 members (excludes halogenated alkanes) is 8. The number of aliphatic hydroxyl groups is 1. The summed E-state index contributed by atoms with van der Waals surface area (Å²) in [6.07, 6.45) is 12.7. The number of hydrogen-bond donors (Lipinski definition) is 7. The first-order chi connectivity index (χ1) is 36.2. The molecule has 2 aromatic carbocycles. The van der Waals surface area contributed by atoms with E-state index in [1.165, 1.54) is 16.7 Å². The number of aryl methyl sites for hydroxylation is 1. The number of aromatic nitrogens is 3. The summed E-state index contributed by atoms with van der Waals surface area (Å²) in [5.74, 6) is -0.209. The van der Waals surface area contributed by atoms with Crippen molar-refractivity contribution >= 4 is 81.6 Å². The molecule has 76 heavy (non-hydrogen) atoms. The topological polar surface area (TPSA) is 251 Å². The number of amides is 5. The number of benzene rings is 2. The van der Waals surface area contributed by atoms with Crippen molar-refractivity contribution in [3.8, 4) is 10.4 Å². The number of nitrogen functional groups attached to an aromatic ring is 1. The minimum Gasteiger partial charge on any atom is -0.391 e. The Hall–Kier alpha value is -5.34. The zero-order valence-corrected chi connectivity index (χ0v) is 47.6. The molecule has 0 radical (unpaired) electrons. The molecule has 4 heterocycles. The highest BCUT2D eigenvalue weighted by Crippen LogP contribution is 2.39. The minimum atomic E-state index is -0.864. The Morgan fingerprint density at radius 1 is 0.882 bits per heavy atom. The highest BCUT2D eigenvalue weighted by molar-refractivity contribution is 7.99. The van der Waals surface area contributed by atoms with Crippen molar-refractivity contribution in [2.45, 2.75) is 184 Å². The number of thiazole rings is 1. The summed E-state index contributed by atoms with van der Waals surface area (Å²) in [5, 5.41) is 23.4. The van der Waals surface area contributed by atoms with E-state index in [9.17, 15) is 29.1 Å². The van der Waals surface area contributed by atoms with E-state index in [1.54, 1.807) is 29.7 Å². The first-order valence-corrected chi connectivity index (χ1v) is 29.0. The number of halogens is 1. The number of nitrogens with two attached hydrogens (primary N) is 2. The number of β-amino-alcohol motifs (C(OH)–C–C–N with tert-alkyl or cyclic N) is 1. The van der Waals surface area contributed by atoms with Crippen molar-refractivity contribution in [3.63, 3.8) is 0 Å². The molecule has 0 bridgehead atoms. The van der Waals surface area contributed by atoms with Crippen molar-refractivity contribution in [1.29, 1.82) is 0 Å². The molecule has 2 saturated heterocycles. The Kier molecular flexibility index (Phi) is 22.3. The van der Waals surface area contributed by atoms with Gasteiger partial charge in [0.2, 0.25) is 29.5 Å². The largest absolute Gasteiger partial charge is 0.391 e. The summed E-state index contributed by atoms with van der Waals surface area (Å²) in [7, 11) is 0. The van der Waals surface area contributed by atoms with Gasteiger partial charge in [-0.1, -0.05) is 119 Å². The van der Waals surface area contributed by atoms with Crippen LogP contribution in [-0.4, -0.2) is 104 Å². The second kappa shape index (κ2) is 28.3. The zero-order valence-electron chi connectivity index (χ0n) is 45.2. The van der Waals surface area contributed by atoms with Crippen molar-refractivity contribution in [2.75, 3.05) is 42.1 Å². The van der Waals surface area contributed by atoms with Gasteiger partial charge in [0, 0.05) is 62.3 Å². The molecule has 2 aromatic heterocycles. The molecular formula is C56H80ClN11O6S2. The number of nitrogens with zero attached hydrogens (tertiary/aromatic N) is 5. The van der Waals surface area contributed by atoms with Crippen LogP contribution in [0, 0.1) is 12.3 Å². The van der Waals surface area contributed by atoms with Crippen LogP contribution in [-0.2, 0) is 24.0 Å². The molecule has 4 aromatic rings. The summed E-state index contributed by atoms with van der Waals surface area (Å²) in [4.78, 5) is 85.1. The van der Waals surface area contributed by atoms with E-state index in [0.717, 1.165) is 99.0 Å². The van der Waals surface area contributed by atoms with Crippen LogP contribution in [0.5, 0.6) is 0 Å². The maximum absolute atomic E-state index is 14.1. The van der Waals surface area contributed by atoms with Gasteiger partial charge in [0.05, 0.1) is 45.1 Å². The quantitative estimate of drug-likeness (QED) is 0.0290. The lowest BCUT2D eigenvalue weighted by Crippen LogP contribution is -2.57. The lowest BCUT2D eigenvalue weighted by atomic mass is 9.85. The second-order valence-corrected chi connectivity index (χ2v) is 24.1. The number of piperidine rings is 1. The number of nitrogens with one attached hydrogen (secondary N) is 4. The van der Waals surface area contributed by atoms with Gasteiger partial charge >= 0.3 is 0 Å². The van der Waals surface area contributed by atoms with Gasteiger partial charge in [-0.05, 0) is 81.5 Å². The highest BCUT2D eigenvalue weighted by Gasteiger charge is 2.44. The van der Waals surface area contributed by atoms with Gasteiger partial charge in [-0.3, -0.25) is 24.0 Å². The van der Waals surface area contributed by atoms with E-state index >= 15 is 0 Å². The SMILES string of the molecule is Cc1ncsc1-c1ccc([C@H](C)NC(=O)[C@@H]2C[C@@H](O)CN2C(=O)[C@@H](NC(=O)CCCCCCCCCCCNC(=O)CCCC(=O)Nc2cccc(Sc3ncc(N4CCC(C)(N)CC4)nc3N)c2Cl)C(C)(C)C)cc1. The van der Waals surface area contributed by atoms with Crippen LogP contribution in [0.4, 0.5) is 17.3 Å². The Morgan fingerprint density at radius 2 is 1.53 bits per heavy atom. The first-order valence-electron chi connectivity index (χ1n) is 27.0. The highest BCUT2D eigenvalue weighted by atomic mass is 35.5. The number of anilines is 3. The van der Waals surface area contributed by atoms with E-state index in [2.05, 4.69) is 48.0 Å². The average molecular weight is 1100 g/mol. The Balaban J connectivity index is 0.790. The van der Waals surface area contributed by atoms with Crippen LogP contribution in [0.25, 0.3) is 10.4 Å². The summed E-state index contributed by atoms with van der Waals surface area (Å²) in [6.45, 7) is 13.8. The normalized spacial score (nSPS) is 17.2. The average Bonchev–Trinajstić information content (AvgIpc) is 4.00. The number of carbonyl (C=O) groups is 5. The van der Waals surface area contributed by atoms with Crippen LogP contribution < -0.4 is 37.6 Å². The van der Waals surface area contributed by atoms with Gasteiger partial charge in [-0.2, -0.15) is 0 Å². The second-order valence-electron chi connectivity index (χ2n) is 21.8. The molecular weight excluding hydrogens is 1020 g/mol. The van der Waals surface area contributed by atoms with Crippen molar-refractivity contribution in [3.05, 3.63) is 70.5 Å². The third kappa shape index (κ3) is 17.9. The van der Waals surface area contributed by atoms with Crippen molar-refractivity contribution in [2.24, 2.45) is 11.1 Å². The molecule has 0 aliphatic carbocycles. The smallest absolute Gasteiger partial charge is 0.246 e. The Morgan fingerprint density at radius 3 is 2.17 bits per heavy atom. The van der Waals surface area contributed by atoms with Crippen LogP contribution in [0.3, 0.4) is 0 Å². The summed E-state index contributed by atoms with van der Waals surface area (Å²) < 4.78 is 0. The van der Waals surface area contributed by atoms with Gasteiger partial charge in [-0.25, -0.2) is 15.0 Å². The standard InChI is InChI=1S/C56H80ClN11O6S2/c1-36(38-23-25-39(26-24-38)49-37(2)62-35-75-49)63-52(73)42-32-40(69)34-68(42)54(74)50(55(3,4)5)66-47(72)20-14-12-10-8-7-9-11-13-15-29-60-45(70)21-17-22-46(71)64-41-18-16-19-43(48(41)57)76-53-51(58)65-44(33-61-53)67-30-27-56(6,59)28-31-67/h16,18-19,23-26,33,35-36,40,42,50,69H,7-15,17,20-22,27-32,34,59H2,1-6H3,(H2,58,65)(H,60,70)(H,63,73)(H,64,71)(H,66,72)/t36-,40+,42-,50+/m0/s1. The molecule has 4 atom stereocenters. The molecule has 5 amide bonds. The van der Waals surface area contributed by atoms with Gasteiger partial charge in [0.1, 0.15) is 22.9 Å². The number of carbonyl (C=O) groups excluding carboxylic acids is 5. The third-order valence-electron chi connectivity index (χ3n) is 14.2. The molecule has 2 aliphatic heterocycles. The van der Waals surface area contributed by atoms with Crippen LogP contribution in [0.15, 0.2) is 64.1 Å². The predicted molar refractivity (Wildman–Crippen MR) is 304 cm³/mol. The van der Waals surface area contributed by atoms with Crippen LogP contribution in [0.1, 0.15) is 155 Å². The molecule has 414 valence electrons. The van der Waals surface area contributed by atoms with Gasteiger partial charge < -0.3 is 47.6 Å². The van der Waals surface area contributed by atoms with Gasteiger partial charge in [-0.15, -0.1) is 11.3 Å². The van der Waals surface area contributed by atoms with E-state index in [0.29, 0.717) is 58.1 Å². The molecule has 17 nitrogen and oxygen atoms in total. The molecule has 2 fully saturated rings. The first kappa shape index (κ1) is 59.9. The van der Waals surface area contributed by atoms with E-state index < -0.39 is 23.6 Å². The molecule has 0 spiro atoms. The summed E-state index contributed by atoms with van der Waals surface area (Å²) in [5.41, 5.74) is 17.0. The van der Waals surface area contributed by atoms with Crippen molar-refractivity contribution < 1.29 is 29.1 Å². The zero-order chi connectivity index (χ0) is 55.0. The van der Waals surface area contributed by atoms with Gasteiger partial charge in [0.15, 0.2) is 5.82 Å². The van der Waals surface area contributed by atoms with E-state index in [1.807, 2.05) is 70.5 Å². The molecule has 6 rings (SSSR count). The monoisotopic (exact) mass is 1100 g/mol. The summed E-state index contributed by atoms with van der Waals surface area (Å²) in [6, 6.07) is 11.3. The van der Waals surface area contributed by atoms with E-state index in [-0.39, 0.29) is 66.9 Å². The maximum Gasteiger partial charge on any atom is 0.246 e. The fraction of sp³-hybridized carbons (Fsp3) is 0.571. The van der Waals surface area contributed by atoms with E-state index in [4.69, 9.17) is 23.1 Å². The fourth-order valence-electron chi connectivity index (χ4n) is 9.49. The predicted octanol–water partition coefficient (Wildman–Crippen LogP) is 9.11. The Labute approximate surface area is 462 Å². The number of hydrogen-bond acceptors (Lipinski definition) is 14.